The average Bonchev–Trinajstić information content (AvgIpc) is 2.73. The Balaban J connectivity index is 2.39. The zero-order chi connectivity index (χ0) is 12.3. The molecular formula is C13H15N3S. The van der Waals surface area contributed by atoms with E-state index in [-0.39, 0.29) is 0 Å². The molecule has 0 saturated heterocycles. The Kier molecular flexibility index (Phi) is 3.60. The monoisotopic (exact) mass is 245 g/mol. The number of benzene rings is 1. The zero-order valence-electron chi connectivity index (χ0n) is 10.1. The average molecular weight is 245 g/mol. The van der Waals surface area contributed by atoms with Crippen molar-refractivity contribution in [3.63, 3.8) is 0 Å². The Labute approximate surface area is 105 Å². The molecule has 0 spiro atoms. The second kappa shape index (κ2) is 5.15. The van der Waals surface area contributed by atoms with E-state index in [1.807, 2.05) is 18.2 Å². The van der Waals surface area contributed by atoms with Crippen LogP contribution in [0.25, 0.3) is 10.9 Å². The van der Waals surface area contributed by atoms with Gasteiger partial charge in [0.05, 0.1) is 18.0 Å². The first-order chi connectivity index (χ1) is 8.24. The summed E-state index contributed by atoms with van der Waals surface area (Å²) < 4.78 is 4.45. The first kappa shape index (κ1) is 11.9. The van der Waals surface area contributed by atoms with Gasteiger partial charge in [-0.15, -0.1) is 0 Å². The van der Waals surface area contributed by atoms with E-state index in [1.54, 1.807) is 0 Å². The number of nitriles is 1. The fourth-order valence-electron chi connectivity index (χ4n) is 1.85. The summed E-state index contributed by atoms with van der Waals surface area (Å²) in [7, 11) is 0. The first-order valence-corrected chi connectivity index (χ1v) is 6.49. The summed E-state index contributed by atoms with van der Waals surface area (Å²) in [6.45, 7) is 5.05. The number of nitrogens with zero attached hydrogens (tertiary/aromatic N) is 3. The van der Waals surface area contributed by atoms with Gasteiger partial charge in [0.15, 0.2) is 0 Å². The largest absolute Gasteiger partial charge is 0.358 e. The van der Waals surface area contributed by atoms with Crippen LogP contribution in [0, 0.1) is 11.3 Å². The van der Waals surface area contributed by atoms with Crippen molar-refractivity contribution in [1.29, 1.82) is 5.26 Å². The van der Waals surface area contributed by atoms with Crippen molar-refractivity contribution < 1.29 is 0 Å². The highest BCUT2D eigenvalue weighted by atomic mass is 32.1. The van der Waals surface area contributed by atoms with Gasteiger partial charge in [0.25, 0.3) is 0 Å². The molecule has 0 bridgehead atoms. The molecule has 2 aromatic rings. The maximum Gasteiger partial charge on any atom is 0.120 e. The predicted molar refractivity (Wildman–Crippen MR) is 72.3 cm³/mol. The van der Waals surface area contributed by atoms with E-state index in [9.17, 15) is 0 Å². The maximum absolute atomic E-state index is 8.72. The van der Waals surface area contributed by atoms with Crippen LogP contribution >= 0.6 is 11.5 Å². The first-order valence-electron chi connectivity index (χ1n) is 5.72. The van der Waals surface area contributed by atoms with Crippen LogP contribution in [0.3, 0.4) is 0 Å². The molecule has 0 atom stereocenters. The van der Waals surface area contributed by atoms with Gasteiger partial charge in [-0.2, -0.15) is 9.64 Å². The van der Waals surface area contributed by atoms with E-state index < -0.39 is 0 Å². The Morgan fingerprint density at radius 3 is 2.88 bits per heavy atom. The van der Waals surface area contributed by atoms with E-state index in [0.717, 1.165) is 12.1 Å². The van der Waals surface area contributed by atoms with Crippen LogP contribution in [0.15, 0.2) is 24.3 Å². The number of aromatic nitrogens is 1. The topological polar surface area (TPSA) is 39.9 Å². The molecule has 0 N–H and O–H groups in total. The highest BCUT2D eigenvalue weighted by Crippen LogP contribution is 2.32. The highest BCUT2D eigenvalue weighted by Gasteiger charge is 2.15. The third-order valence-corrected chi connectivity index (χ3v) is 3.63. The van der Waals surface area contributed by atoms with E-state index in [2.05, 4.69) is 35.3 Å². The normalized spacial score (nSPS) is 10.7. The van der Waals surface area contributed by atoms with Gasteiger partial charge < -0.3 is 4.90 Å². The molecule has 0 radical (unpaired) electrons. The predicted octanol–water partition coefficient (Wildman–Crippen LogP) is 3.42. The van der Waals surface area contributed by atoms with Gasteiger partial charge >= 0.3 is 0 Å². The lowest BCUT2D eigenvalue weighted by Gasteiger charge is -2.26. The fourth-order valence-corrected chi connectivity index (χ4v) is 2.87. The van der Waals surface area contributed by atoms with Crippen molar-refractivity contribution in [2.24, 2.45) is 0 Å². The van der Waals surface area contributed by atoms with Crippen LogP contribution < -0.4 is 4.90 Å². The number of hydrogen-bond acceptors (Lipinski definition) is 4. The van der Waals surface area contributed by atoms with Crippen LogP contribution in [-0.4, -0.2) is 17.0 Å². The van der Waals surface area contributed by atoms with Gasteiger partial charge in [-0.05, 0) is 37.5 Å². The molecule has 17 heavy (non-hydrogen) atoms. The van der Waals surface area contributed by atoms with Gasteiger partial charge in [-0.25, -0.2) is 0 Å². The number of rotatable bonds is 4. The molecule has 0 amide bonds. The second-order valence-electron chi connectivity index (χ2n) is 4.20. The van der Waals surface area contributed by atoms with Gasteiger partial charge in [0.1, 0.15) is 5.00 Å². The molecule has 3 nitrogen and oxygen atoms in total. The lowest BCUT2D eigenvalue weighted by atomic mass is 10.2. The Hall–Kier alpha value is -1.60. The fraction of sp³-hybridized carbons (Fsp3) is 0.385. The molecule has 1 aromatic carbocycles. The van der Waals surface area contributed by atoms with Crippen molar-refractivity contribution in [2.45, 2.75) is 26.3 Å². The minimum atomic E-state index is 0.382. The molecule has 0 aliphatic carbocycles. The van der Waals surface area contributed by atoms with Crippen LogP contribution in [0.1, 0.15) is 20.3 Å². The van der Waals surface area contributed by atoms with Crippen molar-refractivity contribution in [1.82, 2.24) is 4.37 Å². The molecule has 1 heterocycles. The lowest BCUT2D eigenvalue weighted by Crippen LogP contribution is -2.30. The third kappa shape index (κ3) is 2.40. The number of hydrogen-bond donors (Lipinski definition) is 0. The molecule has 0 fully saturated rings. The van der Waals surface area contributed by atoms with Crippen molar-refractivity contribution in [3.8, 4) is 6.07 Å². The SMILES string of the molecule is CC(C)N(CCC#N)c1snc2ccccc12. The smallest absolute Gasteiger partial charge is 0.120 e. The van der Waals surface area contributed by atoms with Gasteiger partial charge in [-0.3, -0.25) is 0 Å². The summed E-state index contributed by atoms with van der Waals surface area (Å²) in [5, 5.41) is 11.1. The minimum absolute atomic E-state index is 0.382. The summed E-state index contributed by atoms with van der Waals surface area (Å²) in [6, 6.07) is 10.7. The van der Waals surface area contributed by atoms with Crippen LogP contribution in [0.4, 0.5) is 5.00 Å². The Morgan fingerprint density at radius 1 is 1.41 bits per heavy atom. The van der Waals surface area contributed by atoms with Crippen LogP contribution in [-0.2, 0) is 0 Å². The standard InChI is InChI=1S/C13H15N3S/c1-10(2)16(9-5-8-14)13-11-6-3-4-7-12(11)15-17-13/h3-4,6-7,10H,5,9H2,1-2H3. The minimum Gasteiger partial charge on any atom is -0.358 e. The van der Waals surface area contributed by atoms with Gasteiger partial charge in [0.2, 0.25) is 0 Å². The second-order valence-corrected chi connectivity index (χ2v) is 4.95. The number of anilines is 1. The Morgan fingerprint density at radius 2 is 2.18 bits per heavy atom. The van der Waals surface area contributed by atoms with E-state index in [0.29, 0.717) is 12.5 Å². The third-order valence-electron chi connectivity index (χ3n) is 2.71. The molecular weight excluding hydrogens is 230 g/mol. The maximum atomic E-state index is 8.72. The molecule has 1 aromatic heterocycles. The quantitative estimate of drug-likeness (QED) is 0.828. The summed E-state index contributed by atoms with van der Waals surface area (Å²) in [6.07, 6.45) is 0.546. The van der Waals surface area contributed by atoms with E-state index >= 15 is 0 Å². The Bertz CT molecular complexity index is 539. The molecule has 4 heteroatoms. The molecule has 88 valence electrons. The summed E-state index contributed by atoms with van der Waals surface area (Å²) in [4.78, 5) is 2.25. The molecule has 0 aliphatic rings. The molecule has 0 aliphatic heterocycles. The van der Waals surface area contributed by atoms with Crippen molar-refractivity contribution >= 4 is 27.4 Å². The van der Waals surface area contributed by atoms with E-state index in [1.165, 1.54) is 21.9 Å². The summed E-state index contributed by atoms with van der Waals surface area (Å²) in [5.74, 6) is 0. The highest BCUT2D eigenvalue weighted by molar-refractivity contribution is 7.11. The van der Waals surface area contributed by atoms with Crippen molar-refractivity contribution in [3.05, 3.63) is 24.3 Å². The van der Waals surface area contributed by atoms with Crippen LogP contribution in [0.5, 0.6) is 0 Å². The van der Waals surface area contributed by atoms with Crippen molar-refractivity contribution in [2.75, 3.05) is 11.4 Å². The van der Waals surface area contributed by atoms with Gasteiger partial charge in [0, 0.05) is 18.0 Å². The van der Waals surface area contributed by atoms with E-state index in [4.69, 9.17) is 5.26 Å². The van der Waals surface area contributed by atoms with Crippen LogP contribution in [0.2, 0.25) is 0 Å². The van der Waals surface area contributed by atoms with Gasteiger partial charge in [-0.1, -0.05) is 12.1 Å². The summed E-state index contributed by atoms with van der Waals surface area (Å²) in [5.41, 5.74) is 1.04. The molecule has 2 rings (SSSR count). The molecule has 0 saturated carbocycles. The molecule has 0 unspecified atom stereocenters. The lowest BCUT2D eigenvalue weighted by molar-refractivity contribution is 0.694. The summed E-state index contributed by atoms with van der Waals surface area (Å²) >= 11 is 1.52. The number of fused-ring (bicyclic) bond motifs is 1. The zero-order valence-corrected chi connectivity index (χ0v) is 10.9.